The van der Waals surface area contributed by atoms with Gasteiger partial charge in [-0.3, -0.25) is 9.59 Å². The van der Waals surface area contributed by atoms with Gasteiger partial charge >= 0.3 is 18.0 Å². The van der Waals surface area contributed by atoms with E-state index in [2.05, 4.69) is 24.3 Å². The molecule has 0 spiro atoms. The van der Waals surface area contributed by atoms with Crippen LogP contribution in [0.2, 0.25) is 0 Å². The lowest BCUT2D eigenvalue weighted by Gasteiger charge is -2.40. The molecule has 1 fully saturated rings. The molecule has 7 heteroatoms. The number of amides is 1. The molecule has 3 aromatic rings. The normalized spacial score (nSPS) is 14.3. The second-order valence-corrected chi connectivity index (χ2v) is 13.2. The van der Waals surface area contributed by atoms with Gasteiger partial charge in [0.1, 0.15) is 11.4 Å². The summed E-state index contributed by atoms with van der Waals surface area (Å²) in [6, 6.07) is 25.9. The Hall–Kier alpha value is -4.39. The van der Waals surface area contributed by atoms with E-state index in [1.807, 2.05) is 84.0 Å². The van der Waals surface area contributed by atoms with E-state index in [-0.39, 0.29) is 30.4 Å². The molecule has 0 radical (unpaired) electrons. The van der Waals surface area contributed by atoms with Crippen LogP contribution in [0.4, 0.5) is 4.79 Å². The van der Waals surface area contributed by atoms with Crippen LogP contribution in [0.25, 0.3) is 11.1 Å². The van der Waals surface area contributed by atoms with E-state index in [4.69, 9.17) is 14.2 Å². The Balaban J connectivity index is 1.69. The van der Waals surface area contributed by atoms with Gasteiger partial charge in [-0.05, 0) is 93.5 Å². The van der Waals surface area contributed by atoms with Crippen LogP contribution in [-0.4, -0.2) is 48.7 Å². The molecular weight excluding hydrogens is 554 g/mol. The fourth-order valence-corrected chi connectivity index (χ4v) is 4.93. The number of allylic oxidation sites excluding steroid dienone is 1. The highest BCUT2D eigenvalue weighted by Crippen LogP contribution is 2.37. The zero-order valence-electron chi connectivity index (χ0n) is 26.8. The number of benzene rings is 3. The van der Waals surface area contributed by atoms with Gasteiger partial charge in [0.25, 0.3) is 0 Å². The second-order valence-electron chi connectivity index (χ2n) is 13.2. The van der Waals surface area contributed by atoms with E-state index >= 15 is 0 Å². The fourth-order valence-electron chi connectivity index (χ4n) is 4.93. The summed E-state index contributed by atoms with van der Waals surface area (Å²) in [6.45, 7) is 12.3. The van der Waals surface area contributed by atoms with Crippen LogP contribution >= 0.6 is 0 Å². The summed E-state index contributed by atoms with van der Waals surface area (Å²) in [4.78, 5) is 38.9. The summed E-state index contributed by atoms with van der Waals surface area (Å²) in [6.07, 6.45) is 0.416. The number of nitrogens with zero attached hydrogens (tertiary/aromatic N) is 1. The molecule has 7 nitrogen and oxygen atoms in total. The number of carbonyl (C=O) groups excluding carboxylic acids is 3. The summed E-state index contributed by atoms with van der Waals surface area (Å²) >= 11 is 0. The fraction of sp³-hybridized carbons (Fsp3) is 0.378. The third-order valence-corrected chi connectivity index (χ3v) is 7.40. The average molecular weight is 598 g/mol. The molecule has 0 bridgehead atoms. The van der Waals surface area contributed by atoms with Gasteiger partial charge in [0.2, 0.25) is 0 Å². The van der Waals surface area contributed by atoms with Crippen molar-refractivity contribution in [2.45, 2.75) is 65.9 Å². The van der Waals surface area contributed by atoms with Crippen molar-refractivity contribution in [2.24, 2.45) is 5.41 Å². The maximum Gasteiger partial charge on any atom is 0.410 e. The molecule has 1 amide bonds. The molecule has 0 aromatic heterocycles. The predicted octanol–water partition coefficient (Wildman–Crippen LogP) is 7.88. The van der Waals surface area contributed by atoms with Crippen LogP contribution in [0.15, 0.2) is 78.9 Å². The third-order valence-electron chi connectivity index (χ3n) is 7.40. The standard InChI is InChI=1S/C37H43NO6/c1-36(2,3)34(40)43-30-19-17-28(18-20-30)33(31(21-22-32(39)42-7)26-11-9-8-10-12-26)27-15-13-25(14-16-27)29-23-38(24-29)35(41)44-37(4,5)6/h8-20,29H,21-24H2,1-7H3. The van der Waals surface area contributed by atoms with Gasteiger partial charge in [-0.25, -0.2) is 4.79 Å². The number of hydrogen-bond donors (Lipinski definition) is 0. The average Bonchev–Trinajstić information content (AvgIpc) is 2.94. The molecule has 1 saturated heterocycles. The Morgan fingerprint density at radius 2 is 1.32 bits per heavy atom. The highest BCUT2D eigenvalue weighted by molar-refractivity contribution is 5.99. The van der Waals surface area contributed by atoms with Crippen LogP contribution in [0.1, 0.15) is 82.6 Å². The van der Waals surface area contributed by atoms with E-state index in [9.17, 15) is 14.4 Å². The van der Waals surface area contributed by atoms with Crippen LogP contribution < -0.4 is 4.74 Å². The molecule has 44 heavy (non-hydrogen) atoms. The molecule has 1 heterocycles. The lowest BCUT2D eigenvalue weighted by Crippen LogP contribution is -2.50. The smallest absolute Gasteiger partial charge is 0.410 e. The number of methoxy groups -OCH3 is 1. The summed E-state index contributed by atoms with van der Waals surface area (Å²) in [5, 5.41) is 0. The lowest BCUT2D eigenvalue weighted by molar-refractivity contribution is -0.143. The number of likely N-dealkylation sites (tertiary alicyclic amines) is 1. The third kappa shape index (κ3) is 8.37. The summed E-state index contributed by atoms with van der Waals surface area (Å²) in [7, 11) is 1.40. The van der Waals surface area contributed by atoms with Crippen molar-refractivity contribution in [3.63, 3.8) is 0 Å². The second kappa shape index (κ2) is 13.5. The minimum absolute atomic E-state index is 0.228. The van der Waals surface area contributed by atoms with Gasteiger partial charge in [0, 0.05) is 25.4 Å². The molecule has 0 unspecified atom stereocenters. The zero-order valence-corrected chi connectivity index (χ0v) is 26.8. The van der Waals surface area contributed by atoms with Crippen molar-refractivity contribution in [2.75, 3.05) is 20.2 Å². The van der Waals surface area contributed by atoms with Crippen molar-refractivity contribution in [3.05, 3.63) is 101 Å². The molecule has 0 atom stereocenters. The van der Waals surface area contributed by atoms with Crippen molar-refractivity contribution >= 4 is 29.2 Å². The first-order valence-electron chi connectivity index (χ1n) is 15.0. The van der Waals surface area contributed by atoms with Gasteiger partial charge < -0.3 is 19.1 Å². The number of ether oxygens (including phenoxy) is 3. The molecule has 3 aromatic carbocycles. The van der Waals surface area contributed by atoms with Crippen LogP contribution in [0.5, 0.6) is 5.75 Å². The zero-order chi connectivity index (χ0) is 32.1. The Bertz CT molecular complexity index is 1490. The van der Waals surface area contributed by atoms with Crippen molar-refractivity contribution < 1.29 is 28.6 Å². The van der Waals surface area contributed by atoms with E-state index < -0.39 is 11.0 Å². The highest BCUT2D eigenvalue weighted by atomic mass is 16.6. The van der Waals surface area contributed by atoms with Gasteiger partial charge in [-0.2, -0.15) is 0 Å². The van der Waals surface area contributed by atoms with Gasteiger partial charge in [-0.15, -0.1) is 0 Å². The maximum absolute atomic E-state index is 12.5. The molecule has 1 aliphatic heterocycles. The minimum Gasteiger partial charge on any atom is -0.469 e. The Kier molecular flexibility index (Phi) is 9.98. The first-order chi connectivity index (χ1) is 20.7. The lowest BCUT2D eigenvalue weighted by atomic mass is 9.85. The quantitative estimate of drug-likeness (QED) is 0.149. The van der Waals surface area contributed by atoms with Gasteiger partial charge in [0.15, 0.2) is 0 Å². The molecule has 1 aliphatic rings. The summed E-state index contributed by atoms with van der Waals surface area (Å²) in [5.41, 5.74) is 4.90. The van der Waals surface area contributed by atoms with Crippen molar-refractivity contribution in [3.8, 4) is 5.75 Å². The van der Waals surface area contributed by atoms with Crippen molar-refractivity contribution in [1.29, 1.82) is 0 Å². The number of rotatable bonds is 8. The SMILES string of the molecule is COC(=O)CCC(=C(c1ccc(OC(=O)C(C)(C)C)cc1)c1ccc(C2CN(C(=O)OC(C)(C)C)C2)cc1)c1ccccc1. The van der Waals surface area contributed by atoms with Crippen LogP contribution in [0, 0.1) is 5.41 Å². The molecule has 0 saturated carbocycles. The maximum atomic E-state index is 12.5. The topological polar surface area (TPSA) is 82.1 Å². The molecule has 232 valence electrons. The van der Waals surface area contributed by atoms with E-state index in [1.54, 1.807) is 17.0 Å². The molecule has 0 aliphatic carbocycles. The highest BCUT2D eigenvalue weighted by Gasteiger charge is 2.34. The van der Waals surface area contributed by atoms with Crippen LogP contribution in [0.3, 0.4) is 0 Å². The molecule has 4 rings (SSSR count). The summed E-state index contributed by atoms with van der Waals surface area (Å²) in [5.74, 6) is 0.116. The van der Waals surface area contributed by atoms with Gasteiger partial charge in [0.05, 0.1) is 12.5 Å². The van der Waals surface area contributed by atoms with Crippen molar-refractivity contribution in [1.82, 2.24) is 4.90 Å². The monoisotopic (exact) mass is 597 g/mol. The van der Waals surface area contributed by atoms with Crippen LogP contribution in [-0.2, 0) is 19.1 Å². The first kappa shape index (κ1) is 32.5. The van der Waals surface area contributed by atoms with E-state index in [0.717, 1.165) is 33.4 Å². The number of esters is 2. The predicted molar refractivity (Wildman–Crippen MR) is 172 cm³/mol. The summed E-state index contributed by atoms with van der Waals surface area (Å²) < 4.78 is 16.1. The number of hydrogen-bond acceptors (Lipinski definition) is 6. The first-order valence-corrected chi connectivity index (χ1v) is 15.0. The Morgan fingerprint density at radius 3 is 1.84 bits per heavy atom. The Labute approximate surface area is 260 Å². The van der Waals surface area contributed by atoms with E-state index in [1.165, 1.54) is 7.11 Å². The van der Waals surface area contributed by atoms with Gasteiger partial charge in [-0.1, -0.05) is 66.7 Å². The molecule has 0 N–H and O–H groups in total. The van der Waals surface area contributed by atoms with E-state index in [0.29, 0.717) is 25.3 Å². The number of carbonyl (C=O) groups is 3. The largest absolute Gasteiger partial charge is 0.469 e. The Morgan fingerprint density at radius 1 is 0.750 bits per heavy atom. The molecular formula is C37H43NO6. The minimum atomic E-state index is -0.621.